The molecular formula is C22H25NO6S. The van der Waals surface area contributed by atoms with Gasteiger partial charge in [0.1, 0.15) is 12.6 Å². The van der Waals surface area contributed by atoms with Crippen LogP contribution in [0.1, 0.15) is 25.0 Å². The number of methoxy groups -OCH3 is 1. The van der Waals surface area contributed by atoms with E-state index >= 15 is 0 Å². The summed E-state index contributed by atoms with van der Waals surface area (Å²) in [6, 6.07) is 2.56. The first-order valence-electron chi connectivity index (χ1n) is 9.37. The fourth-order valence-corrected chi connectivity index (χ4v) is 3.77. The summed E-state index contributed by atoms with van der Waals surface area (Å²) in [6.45, 7) is 11.0. The summed E-state index contributed by atoms with van der Waals surface area (Å²) in [5, 5.41) is -0.518. The highest BCUT2D eigenvalue weighted by Gasteiger charge is 2.41. The van der Waals surface area contributed by atoms with Gasteiger partial charge in [0.15, 0.2) is 11.5 Å². The highest BCUT2D eigenvalue weighted by Crippen LogP contribution is 2.37. The zero-order valence-corrected chi connectivity index (χ0v) is 18.1. The average molecular weight is 432 g/mol. The number of carbonyl (C=O) groups excluding carboxylic acids is 3. The Balaban J connectivity index is 2.40. The SMILES string of the molecule is C=CCOc1c(CC=C)cc(/C=C2/SC(=O)N([C@@H](C)C(=O)OCC)C2=O)cc1OC. The minimum absolute atomic E-state index is 0.168. The van der Waals surface area contributed by atoms with Crippen LogP contribution in [0, 0.1) is 0 Å². The Kier molecular flexibility index (Phi) is 8.29. The summed E-state index contributed by atoms with van der Waals surface area (Å²) in [5.74, 6) is -0.110. The number of amides is 2. The molecule has 0 spiro atoms. The summed E-state index contributed by atoms with van der Waals surface area (Å²) in [5.41, 5.74) is 1.47. The molecule has 1 saturated heterocycles. The monoisotopic (exact) mass is 431 g/mol. The van der Waals surface area contributed by atoms with Crippen LogP contribution < -0.4 is 9.47 Å². The lowest BCUT2D eigenvalue weighted by Gasteiger charge is -2.19. The maximum atomic E-state index is 12.8. The largest absolute Gasteiger partial charge is 0.493 e. The number of hydrogen-bond acceptors (Lipinski definition) is 7. The normalized spacial score (nSPS) is 15.8. The number of thioether (sulfide) groups is 1. The number of esters is 1. The van der Waals surface area contributed by atoms with Crippen LogP contribution in [-0.4, -0.2) is 48.4 Å². The number of carbonyl (C=O) groups is 3. The van der Waals surface area contributed by atoms with Gasteiger partial charge in [-0.15, -0.1) is 6.58 Å². The van der Waals surface area contributed by atoms with E-state index in [4.69, 9.17) is 14.2 Å². The molecule has 7 nitrogen and oxygen atoms in total. The molecule has 1 aliphatic heterocycles. The molecule has 0 N–H and O–H groups in total. The molecular weight excluding hydrogens is 406 g/mol. The number of rotatable bonds is 10. The first-order valence-corrected chi connectivity index (χ1v) is 10.2. The summed E-state index contributed by atoms with van der Waals surface area (Å²) >= 11 is 0.776. The second-order valence-electron chi connectivity index (χ2n) is 6.28. The van der Waals surface area contributed by atoms with E-state index in [1.807, 2.05) is 6.07 Å². The van der Waals surface area contributed by atoms with Crippen molar-refractivity contribution in [2.45, 2.75) is 26.3 Å². The Hall–Kier alpha value is -3.00. The van der Waals surface area contributed by atoms with Crippen LogP contribution in [0.25, 0.3) is 6.08 Å². The quantitative estimate of drug-likeness (QED) is 0.315. The Bertz CT molecular complexity index is 892. The third-order valence-electron chi connectivity index (χ3n) is 4.22. The van der Waals surface area contributed by atoms with Gasteiger partial charge in [0.05, 0.1) is 18.6 Å². The second kappa shape index (κ2) is 10.7. The molecule has 160 valence electrons. The number of allylic oxidation sites excluding steroid dienone is 1. The molecule has 2 rings (SSSR count). The van der Waals surface area contributed by atoms with Crippen LogP contribution in [-0.2, 0) is 20.7 Å². The van der Waals surface area contributed by atoms with Gasteiger partial charge >= 0.3 is 5.97 Å². The van der Waals surface area contributed by atoms with E-state index in [1.54, 1.807) is 31.2 Å². The molecule has 0 unspecified atom stereocenters. The number of hydrogen-bond donors (Lipinski definition) is 0. The van der Waals surface area contributed by atoms with Crippen LogP contribution in [0.15, 0.2) is 42.3 Å². The van der Waals surface area contributed by atoms with Gasteiger partial charge in [-0.3, -0.25) is 14.5 Å². The molecule has 30 heavy (non-hydrogen) atoms. The van der Waals surface area contributed by atoms with Gasteiger partial charge in [0.25, 0.3) is 11.1 Å². The van der Waals surface area contributed by atoms with Gasteiger partial charge in [-0.25, -0.2) is 4.79 Å². The van der Waals surface area contributed by atoms with Crippen molar-refractivity contribution in [1.82, 2.24) is 4.90 Å². The molecule has 1 heterocycles. The molecule has 1 aromatic rings. The zero-order valence-electron chi connectivity index (χ0n) is 17.3. The molecule has 0 aliphatic carbocycles. The lowest BCUT2D eigenvalue weighted by molar-refractivity contribution is -0.150. The van der Waals surface area contributed by atoms with E-state index in [0.29, 0.717) is 30.1 Å². The van der Waals surface area contributed by atoms with Crippen molar-refractivity contribution < 1.29 is 28.6 Å². The molecule has 2 amide bonds. The Labute approximate surface area is 180 Å². The highest BCUT2D eigenvalue weighted by molar-refractivity contribution is 8.18. The Morgan fingerprint density at radius 3 is 2.60 bits per heavy atom. The highest BCUT2D eigenvalue weighted by atomic mass is 32.2. The van der Waals surface area contributed by atoms with Gasteiger partial charge in [0, 0.05) is 5.56 Å². The van der Waals surface area contributed by atoms with Crippen molar-refractivity contribution in [2.24, 2.45) is 0 Å². The topological polar surface area (TPSA) is 82.1 Å². The lowest BCUT2D eigenvalue weighted by atomic mass is 10.0. The number of ether oxygens (including phenoxy) is 3. The maximum absolute atomic E-state index is 12.8. The predicted molar refractivity (Wildman–Crippen MR) is 116 cm³/mol. The third kappa shape index (κ3) is 5.13. The fraction of sp³-hybridized carbons (Fsp3) is 0.318. The van der Waals surface area contributed by atoms with Gasteiger partial charge in [-0.1, -0.05) is 18.7 Å². The van der Waals surface area contributed by atoms with Crippen molar-refractivity contribution in [1.29, 1.82) is 0 Å². The molecule has 0 bridgehead atoms. The Morgan fingerprint density at radius 2 is 2.00 bits per heavy atom. The van der Waals surface area contributed by atoms with Crippen LogP contribution in [0.2, 0.25) is 0 Å². The summed E-state index contributed by atoms with van der Waals surface area (Å²) in [7, 11) is 1.52. The molecule has 1 atom stereocenters. The van der Waals surface area contributed by atoms with Crippen molar-refractivity contribution in [3.05, 3.63) is 53.5 Å². The van der Waals surface area contributed by atoms with Crippen LogP contribution in [0.4, 0.5) is 4.79 Å². The molecule has 1 aliphatic rings. The van der Waals surface area contributed by atoms with E-state index in [-0.39, 0.29) is 11.5 Å². The summed E-state index contributed by atoms with van der Waals surface area (Å²) in [6.07, 6.45) is 5.47. The van der Waals surface area contributed by atoms with Crippen LogP contribution in [0.3, 0.4) is 0 Å². The van der Waals surface area contributed by atoms with Crippen molar-refractivity contribution in [2.75, 3.05) is 20.3 Å². The lowest BCUT2D eigenvalue weighted by Crippen LogP contribution is -2.42. The van der Waals surface area contributed by atoms with Gasteiger partial charge in [-0.05, 0) is 55.8 Å². The summed E-state index contributed by atoms with van der Waals surface area (Å²) in [4.78, 5) is 38.2. The predicted octanol–water partition coefficient (Wildman–Crippen LogP) is 3.98. The third-order valence-corrected chi connectivity index (χ3v) is 5.10. The second-order valence-corrected chi connectivity index (χ2v) is 7.28. The summed E-state index contributed by atoms with van der Waals surface area (Å²) < 4.78 is 16.1. The zero-order chi connectivity index (χ0) is 22.3. The number of nitrogens with zero attached hydrogens (tertiary/aromatic N) is 1. The van der Waals surface area contributed by atoms with E-state index in [9.17, 15) is 14.4 Å². The smallest absolute Gasteiger partial charge is 0.329 e. The van der Waals surface area contributed by atoms with Gasteiger partial charge < -0.3 is 14.2 Å². The van der Waals surface area contributed by atoms with E-state index < -0.39 is 23.2 Å². The van der Waals surface area contributed by atoms with Gasteiger partial charge in [0.2, 0.25) is 0 Å². The van der Waals surface area contributed by atoms with E-state index in [2.05, 4.69) is 13.2 Å². The minimum atomic E-state index is -0.996. The van der Waals surface area contributed by atoms with Crippen molar-refractivity contribution >= 4 is 35.0 Å². The Morgan fingerprint density at radius 1 is 1.27 bits per heavy atom. The van der Waals surface area contributed by atoms with Crippen molar-refractivity contribution in [3.8, 4) is 11.5 Å². The molecule has 1 fully saturated rings. The van der Waals surface area contributed by atoms with E-state index in [1.165, 1.54) is 14.0 Å². The van der Waals surface area contributed by atoms with Crippen LogP contribution in [0.5, 0.6) is 11.5 Å². The molecule has 0 aromatic heterocycles. The molecule has 0 radical (unpaired) electrons. The standard InChI is InChI=1S/C22H25NO6S/c1-6-9-16-11-15(12-17(27-5)19(16)29-10-7-2)13-18-20(24)23(22(26)30-18)14(4)21(25)28-8-3/h6-7,11-14H,1-2,8-10H2,3-5H3/b18-13+/t14-/m0/s1. The number of imide groups is 1. The van der Waals surface area contributed by atoms with E-state index in [0.717, 1.165) is 22.2 Å². The van der Waals surface area contributed by atoms with Crippen LogP contribution >= 0.6 is 11.8 Å². The minimum Gasteiger partial charge on any atom is -0.493 e. The number of benzene rings is 1. The first-order chi connectivity index (χ1) is 14.4. The fourth-order valence-electron chi connectivity index (χ4n) is 2.87. The molecule has 8 heteroatoms. The molecule has 0 saturated carbocycles. The van der Waals surface area contributed by atoms with Crippen molar-refractivity contribution in [3.63, 3.8) is 0 Å². The molecule has 1 aromatic carbocycles. The van der Waals surface area contributed by atoms with Gasteiger partial charge in [-0.2, -0.15) is 0 Å². The average Bonchev–Trinajstić information content (AvgIpc) is 2.99. The maximum Gasteiger partial charge on any atom is 0.329 e. The first kappa shape index (κ1) is 23.3.